The zero-order valence-electron chi connectivity index (χ0n) is 27.0. The van der Waals surface area contributed by atoms with E-state index < -0.39 is 12.0 Å². The number of benzene rings is 2. The van der Waals surface area contributed by atoms with Crippen molar-refractivity contribution in [3.8, 4) is 5.75 Å². The number of methoxy groups -OCH3 is 1. The number of hydrogen-bond donors (Lipinski definition) is 1. The molecule has 238 valence electrons. The average molecular weight is 605 g/mol. The summed E-state index contributed by atoms with van der Waals surface area (Å²) in [6.07, 6.45) is 4.72. The summed E-state index contributed by atoms with van der Waals surface area (Å²) in [6.45, 7) is 9.95. The van der Waals surface area contributed by atoms with Gasteiger partial charge in [-0.1, -0.05) is 38.1 Å². The Bertz CT molecular complexity index is 1400. The second-order valence-corrected chi connectivity index (χ2v) is 13.2. The van der Waals surface area contributed by atoms with Crippen LogP contribution in [-0.4, -0.2) is 76.5 Å². The van der Waals surface area contributed by atoms with Crippen LogP contribution >= 0.6 is 0 Å². The molecule has 4 atom stereocenters. The molecule has 1 aliphatic carbocycles. The van der Waals surface area contributed by atoms with Crippen LogP contribution < -0.4 is 4.74 Å². The third kappa shape index (κ3) is 7.35. The van der Waals surface area contributed by atoms with Gasteiger partial charge in [0, 0.05) is 37.2 Å². The summed E-state index contributed by atoms with van der Waals surface area (Å²) in [4.78, 5) is 16.8. The van der Waals surface area contributed by atoms with Crippen molar-refractivity contribution >= 4 is 5.97 Å². The topological polar surface area (TPSA) is 70.8 Å². The zero-order valence-corrected chi connectivity index (χ0v) is 27.0. The van der Waals surface area contributed by atoms with Crippen molar-refractivity contribution in [1.82, 2.24) is 19.6 Å². The predicted molar refractivity (Wildman–Crippen MR) is 172 cm³/mol. The van der Waals surface area contributed by atoms with Gasteiger partial charge in [0.2, 0.25) is 0 Å². The summed E-state index contributed by atoms with van der Waals surface area (Å²) in [5.41, 5.74) is 4.66. The number of hydrogen-bond acceptors (Lipinski definition) is 5. The molecular formula is C36H49FN4O3. The van der Waals surface area contributed by atoms with Crippen molar-refractivity contribution in [2.75, 3.05) is 33.8 Å². The predicted octanol–water partition coefficient (Wildman–Crippen LogP) is 6.42. The van der Waals surface area contributed by atoms with Gasteiger partial charge < -0.3 is 14.7 Å². The smallest absolute Gasteiger partial charge is 0.321 e. The number of aromatic nitrogens is 2. The molecule has 3 aromatic rings. The number of aryl methyl sites for hydroxylation is 1. The molecule has 3 unspecified atom stereocenters. The molecular weight excluding hydrogens is 555 g/mol. The summed E-state index contributed by atoms with van der Waals surface area (Å²) >= 11 is 0. The SMILES string of the molecule is CCn1nc(Cc2cccc(OC)c2)cc1C1CCN(CC2CC(N(C)[C@@H](C(=O)O)C(C)C)CC2c2cccc(F)c2)CC1. The van der Waals surface area contributed by atoms with E-state index in [1.807, 2.05) is 39.1 Å². The number of rotatable bonds is 12. The van der Waals surface area contributed by atoms with Gasteiger partial charge in [0.1, 0.15) is 17.6 Å². The Kier molecular flexibility index (Phi) is 10.4. The molecule has 1 aromatic heterocycles. The molecule has 1 saturated heterocycles. The van der Waals surface area contributed by atoms with E-state index in [0.29, 0.717) is 11.8 Å². The standard InChI is InChI=1S/C36H49FN4O3/c1-6-41-34(21-30(38-41)17-25-9-7-12-32(18-25)44-5)26-13-15-40(16-14-26)23-28-20-31(39(4)35(24(2)3)36(42)43)22-33(28)27-10-8-11-29(37)19-27/h7-12,18-19,21,24,26,28,31,33,35H,6,13-17,20,22-23H2,1-5H3,(H,42,43)/t28?,31?,33?,35-/m1/s1. The number of carboxylic acid groups (broad SMARTS) is 1. The first kappa shape index (κ1) is 32.2. The Morgan fingerprint density at radius 1 is 1.11 bits per heavy atom. The monoisotopic (exact) mass is 604 g/mol. The highest BCUT2D eigenvalue weighted by Gasteiger charge is 2.42. The van der Waals surface area contributed by atoms with E-state index in [9.17, 15) is 14.3 Å². The van der Waals surface area contributed by atoms with Crippen LogP contribution in [0.2, 0.25) is 0 Å². The van der Waals surface area contributed by atoms with Gasteiger partial charge in [0.05, 0.1) is 12.8 Å². The molecule has 2 aliphatic rings. The Balaban J connectivity index is 1.26. The minimum Gasteiger partial charge on any atom is -0.497 e. The first-order chi connectivity index (χ1) is 21.2. The van der Waals surface area contributed by atoms with Gasteiger partial charge in [-0.15, -0.1) is 0 Å². The van der Waals surface area contributed by atoms with E-state index in [1.165, 1.54) is 17.3 Å². The molecule has 1 N–H and O–H groups in total. The lowest BCUT2D eigenvalue weighted by Gasteiger charge is -2.35. The number of piperidine rings is 1. The fourth-order valence-corrected chi connectivity index (χ4v) is 7.82. The summed E-state index contributed by atoms with van der Waals surface area (Å²) < 4.78 is 21.9. The van der Waals surface area contributed by atoms with Gasteiger partial charge in [-0.25, -0.2) is 4.39 Å². The molecule has 1 aliphatic heterocycles. The molecule has 2 fully saturated rings. The first-order valence-corrected chi connectivity index (χ1v) is 16.3. The van der Waals surface area contributed by atoms with Crippen LogP contribution in [-0.2, 0) is 17.8 Å². The minimum absolute atomic E-state index is 0.00999. The van der Waals surface area contributed by atoms with Gasteiger partial charge in [-0.05, 0) is 112 Å². The molecule has 0 amide bonds. The zero-order chi connectivity index (χ0) is 31.4. The molecule has 8 heteroatoms. The lowest BCUT2D eigenvalue weighted by molar-refractivity contribution is -0.145. The number of ether oxygens (including phenoxy) is 1. The quantitative estimate of drug-likeness (QED) is 0.257. The van der Waals surface area contributed by atoms with Gasteiger partial charge in [-0.2, -0.15) is 5.10 Å². The van der Waals surface area contributed by atoms with E-state index in [0.717, 1.165) is 75.3 Å². The van der Waals surface area contributed by atoms with E-state index in [4.69, 9.17) is 9.84 Å². The van der Waals surface area contributed by atoms with Gasteiger partial charge in [0.15, 0.2) is 0 Å². The van der Waals surface area contributed by atoms with Crippen molar-refractivity contribution in [1.29, 1.82) is 0 Å². The molecule has 0 spiro atoms. The number of aliphatic carboxylic acids is 1. The van der Waals surface area contributed by atoms with Crippen LogP contribution in [0.1, 0.15) is 80.8 Å². The third-order valence-electron chi connectivity index (χ3n) is 10.0. The second-order valence-electron chi connectivity index (χ2n) is 13.2. The molecule has 0 radical (unpaired) electrons. The highest BCUT2D eigenvalue weighted by atomic mass is 19.1. The van der Waals surface area contributed by atoms with Crippen molar-refractivity contribution in [2.45, 2.75) is 83.3 Å². The second kappa shape index (κ2) is 14.2. The van der Waals surface area contributed by atoms with Gasteiger partial charge in [-0.3, -0.25) is 14.4 Å². The van der Waals surface area contributed by atoms with Gasteiger partial charge in [0.25, 0.3) is 0 Å². The average Bonchev–Trinajstić information content (AvgIpc) is 3.61. The Morgan fingerprint density at radius 2 is 1.86 bits per heavy atom. The van der Waals surface area contributed by atoms with E-state index in [1.54, 1.807) is 19.2 Å². The summed E-state index contributed by atoms with van der Waals surface area (Å²) in [7, 11) is 3.65. The van der Waals surface area contributed by atoms with Crippen LogP contribution in [0.15, 0.2) is 54.6 Å². The largest absolute Gasteiger partial charge is 0.497 e. The molecule has 2 aromatic carbocycles. The van der Waals surface area contributed by atoms with Crippen molar-refractivity contribution in [3.63, 3.8) is 0 Å². The molecule has 44 heavy (non-hydrogen) atoms. The van der Waals surface area contributed by atoms with Gasteiger partial charge >= 0.3 is 5.97 Å². The van der Waals surface area contributed by atoms with Crippen molar-refractivity contribution in [2.24, 2.45) is 11.8 Å². The fraction of sp³-hybridized carbons (Fsp3) is 0.556. The Labute approximate surface area is 262 Å². The van der Waals surface area contributed by atoms with Crippen LogP contribution in [0.4, 0.5) is 4.39 Å². The number of halogens is 1. The summed E-state index contributed by atoms with van der Waals surface area (Å²) in [6, 6.07) is 17.2. The molecule has 7 nitrogen and oxygen atoms in total. The Morgan fingerprint density at radius 3 is 2.52 bits per heavy atom. The van der Waals surface area contributed by atoms with Crippen molar-refractivity contribution in [3.05, 3.63) is 82.9 Å². The normalized spacial score (nSPS) is 22.1. The Hall–Kier alpha value is -3.23. The maximum atomic E-state index is 14.3. The lowest BCUT2D eigenvalue weighted by atomic mass is 9.87. The molecule has 5 rings (SSSR count). The number of likely N-dealkylation sites (tertiary alicyclic amines) is 1. The number of likely N-dealkylation sites (N-methyl/N-ethyl adjacent to an activating group) is 1. The third-order valence-corrected chi connectivity index (χ3v) is 10.0. The van der Waals surface area contributed by atoms with Crippen molar-refractivity contribution < 1.29 is 19.0 Å². The first-order valence-electron chi connectivity index (χ1n) is 16.3. The number of carboxylic acids is 1. The summed E-state index contributed by atoms with van der Waals surface area (Å²) in [5, 5.41) is 14.9. The maximum absolute atomic E-state index is 14.3. The van der Waals surface area contributed by atoms with E-state index >= 15 is 0 Å². The molecule has 1 saturated carbocycles. The lowest BCUT2D eigenvalue weighted by Crippen LogP contribution is -2.47. The van der Waals surface area contributed by atoms with Crippen LogP contribution in [0, 0.1) is 17.7 Å². The fourth-order valence-electron chi connectivity index (χ4n) is 7.82. The van der Waals surface area contributed by atoms with E-state index in [-0.39, 0.29) is 23.7 Å². The van der Waals surface area contributed by atoms with Crippen LogP contribution in [0.25, 0.3) is 0 Å². The molecule has 0 bridgehead atoms. The highest BCUT2D eigenvalue weighted by Crippen LogP contribution is 2.43. The van der Waals surface area contributed by atoms with Crippen LogP contribution in [0.3, 0.4) is 0 Å². The van der Waals surface area contributed by atoms with E-state index in [2.05, 4.69) is 39.6 Å². The minimum atomic E-state index is -0.770. The molecule has 2 heterocycles. The number of nitrogens with zero attached hydrogens (tertiary/aromatic N) is 4. The maximum Gasteiger partial charge on any atom is 0.321 e. The van der Waals surface area contributed by atoms with Crippen LogP contribution in [0.5, 0.6) is 5.75 Å². The summed E-state index contributed by atoms with van der Waals surface area (Å²) in [5.74, 6) is 0.927. The highest BCUT2D eigenvalue weighted by molar-refractivity contribution is 5.73. The number of carbonyl (C=O) groups is 1.